The van der Waals surface area contributed by atoms with Crippen molar-refractivity contribution in [3.63, 3.8) is 0 Å². The van der Waals surface area contributed by atoms with Gasteiger partial charge in [-0.2, -0.15) is 0 Å². The molecule has 1 aliphatic carbocycles. The largest absolute Gasteiger partial charge is 0.469 e. The Balaban J connectivity index is 1.66. The van der Waals surface area contributed by atoms with E-state index in [-0.39, 0.29) is 29.6 Å². The maximum absolute atomic E-state index is 12.0. The number of hydrogen-bond donors (Lipinski definition) is 1. The molecule has 1 aliphatic heterocycles. The van der Waals surface area contributed by atoms with Crippen LogP contribution >= 0.6 is 0 Å². The molecule has 0 aromatic heterocycles. The maximum Gasteiger partial charge on any atom is 0.310 e. The molecule has 0 spiro atoms. The van der Waals surface area contributed by atoms with Crippen LogP contribution in [0, 0.1) is 11.8 Å². The van der Waals surface area contributed by atoms with E-state index >= 15 is 0 Å². The Morgan fingerprint density at radius 1 is 1.14 bits per heavy atom. The smallest absolute Gasteiger partial charge is 0.310 e. The molecule has 1 N–H and O–H groups in total. The van der Waals surface area contributed by atoms with Crippen molar-refractivity contribution in [1.29, 1.82) is 0 Å². The van der Waals surface area contributed by atoms with Crippen LogP contribution in [0.25, 0.3) is 0 Å². The average Bonchev–Trinajstić information content (AvgIpc) is 3.17. The third-order valence-corrected chi connectivity index (χ3v) is 4.44. The van der Waals surface area contributed by atoms with Crippen LogP contribution in [0.4, 0.5) is 0 Å². The summed E-state index contributed by atoms with van der Waals surface area (Å²) in [6, 6.07) is 0. The van der Waals surface area contributed by atoms with Crippen molar-refractivity contribution < 1.29 is 19.1 Å². The minimum Gasteiger partial charge on any atom is -0.469 e. The molecule has 2 fully saturated rings. The number of esters is 1. The lowest BCUT2D eigenvalue weighted by molar-refractivity contribution is -0.145. The first-order valence-electron chi connectivity index (χ1n) is 7.75. The predicted molar refractivity (Wildman–Crippen MR) is 76.3 cm³/mol. The summed E-state index contributed by atoms with van der Waals surface area (Å²) in [6.07, 6.45) is 5.14. The molecule has 0 aromatic carbocycles. The lowest BCUT2D eigenvalue weighted by Gasteiger charge is -2.16. The molecular weight excluding hydrogens is 272 g/mol. The molecule has 6 heteroatoms. The number of likely N-dealkylation sites (tertiary alicyclic amines) is 1. The van der Waals surface area contributed by atoms with Crippen molar-refractivity contribution in [2.45, 2.75) is 38.5 Å². The van der Waals surface area contributed by atoms with Gasteiger partial charge in [0.25, 0.3) is 0 Å². The van der Waals surface area contributed by atoms with Crippen LogP contribution in [0.3, 0.4) is 0 Å². The summed E-state index contributed by atoms with van der Waals surface area (Å²) in [6.45, 7) is 1.41. The zero-order valence-electron chi connectivity index (χ0n) is 12.6. The fraction of sp³-hybridized carbons (Fsp3) is 0.800. The van der Waals surface area contributed by atoms with E-state index < -0.39 is 0 Å². The van der Waals surface area contributed by atoms with E-state index in [4.69, 9.17) is 4.74 Å². The van der Waals surface area contributed by atoms with Gasteiger partial charge in [-0.15, -0.1) is 0 Å². The molecule has 2 amide bonds. The summed E-state index contributed by atoms with van der Waals surface area (Å²) in [5, 5.41) is 2.85. The quantitative estimate of drug-likeness (QED) is 0.758. The highest BCUT2D eigenvalue weighted by molar-refractivity contribution is 5.81. The standard InChI is InChI=1S/C15H24N2O4/c1-21-15(20)12-7-9-17(10-12)13(18)6-8-16-14(19)11-4-2-3-5-11/h11-12H,2-10H2,1H3,(H,16,19). The number of carbonyl (C=O) groups excluding carboxylic acids is 3. The molecule has 1 saturated carbocycles. The van der Waals surface area contributed by atoms with E-state index in [1.807, 2.05) is 0 Å². The van der Waals surface area contributed by atoms with Gasteiger partial charge in [0, 0.05) is 32.0 Å². The van der Waals surface area contributed by atoms with E-state index in [9.17, 15) is 14.4 Å². The van der Waals surface area contributed by atoms with Crippen molar-refractivity contribution in [2.24, 2.45) is 11.8 Å². The number of methoxy groups -OCH3 is 1. The third kappa shape index (κ3) is 4.19. The lowest BCUT2D eigenvalue weighted by atomic mass is 10.1. The van der Waals surface area contributed by atoms with E-state index in [1.165, 1.54) is 7.11 Å². The van der Waals surface area contributed by atoms with E-state index in [1.54, 1.807) is 4.90 Å². The average molecular weight is 296 g/mol. The minimum absolute atomic E-state index is 0.00637. The van der Waals surface area contributed by atoms with Gasteiger partial charge >= 0.3 is 5.97 Å². The van der Waals surface area contributed by atoms with Crippen molar-refractivity contribution in [3.8, 4) is 0 Å². The molecule has 118 valence electrons. The van der Waals surface area contributed by atoms with Crippen LogP contribution in [0.1, 0.15) is 38.5 Å². The van der Waals surface area contributed by atoms with Gasteiger partial charge in [0.15, 0.2) is 0 Å². The van der Waals surface area contributed by atoms with Gasteiger partial charge in [-0.05, 0) is 19.3 Å². The van der Waals surface area contributed by atoms with Crippen LogP contribution < -0.4 is 5.32 Å². The summed E-state index contributed by atoms with van der Waals surface area (Å²) < 4.78 is 4.70. The molecule has 0 aromatic rings. The summed E-state index contributed by atoms with van der Waals surface area (Å²) in [7, 11) is 1.37. The normalized spacial score (nSPS) is 22.3. The number of rotatable bonds is 5. The number of nitrogens with zero attached hydrogens (tertiary/aromatic N) is 1. The van der Waals surface area contributed by atoms with Crippen LogP contribution in [-0.4, -0.2) is 49.4 Å². The molecule has 2 aliphatic rings. The Labute approximate surface area is 125 Å². The van der Waals surface area contributed by atoms with Gasteiger partial charge < -0.3 is 15.0 Å². The Kier molecular flexibility index (Phi) is 5.59. The topological polar surface area (TPSA) is 75.7 Å². The summed E-state index contributed by atoms with van der Waals surface area (Å²) >= 11 is 0. The van der Waals surface area contributed by atoms with Gasteiger partial charge in [0.1, 0.15) is 0 Å². The van der Waals surface area contributed by atoms with Gasteiger partial charge in [0.2, 0.25) is 11.8 Å². The second kappa shape index (κ2) is 7.43. The van der Waals surface area contributed by atoms with Crippen molar-refractivity contribution >= 4 is 17.8 Å². The minimum atomic E-state index is -0.250. The first kappa shape index (κ1) is 15.8. The molecule has 1 atom stereocenters. The van der Waals surface area contributed by atoms with Crippen molar-refractivity contribution in [2.75, 3.05) is 26.7 Å². The number of nitrogens with one attached hydrogen (secondary N) is 1. The molecular formula is C15H24N2O4. The Morgan fingerprint density at radius 3 is 2.52 bits per heavy atom. The Morgan fingerprint density at radius 2 is 1.86 bits per heavy atom. The number of ether oxygens (including phenoxy) is 1. The number of carbonyl (C=O) groups is 3. The van der Waals surface area contributed by atoms with Gasteiger partial charge in [-0.1, -0.05) is 12.8 Å². The fourth-order valence-corrected chi connectivity index (χ4v) is 3.13. The monoisotopic (exact) mass is 296 g/mol. The maximum atomic E-state index is 12.0. The highest BCUT2D eigenvalue weighted by Crippen LogP contribution is 2.24. The van der Waals surface area contributed by atoms with E-state index in [0.717, 1.165) is 25.7 Å². The van der Waals surface area contributed by atoms with Crippen LogP contribution in [0.15, 0.2) is 0 Å². The summed E-state index contributed by atoms with van der Waals surface area (Å²) in [5.74, 6) is -0.246. The SMILES string of the molecule is COC(=O)C1CCN(C(=O)CCNC(=O)C2CCCC2)C1. The highest BCUT2D eigenvalue weighted by atomic mass is 16.5. The van der Waals surface area contributed by atoms with Gasteiger partial charge in [-0.25, -0.2) is 0 Å². The number of amides is 2. The zero-order valence-corrected chi connectivity index (χ0v) is 12.6. The molecule has 1 heterocycles. The Bertz CT molecular complexity index is 404. The first-order chi connectivity index (χ1) is 10.1. The Hall–Kier alpha value is -1.59. The van der Waals surface area contributed by atoms with Crippen LogP contribution in [-0.2, 0) is 19.1 Å². The van der Waals surface area contributed by atoms with E-state index in [0.29, 0.717) is 32.5 Å². The lowest BCUT2D eigenvalue weighted by Crippen LogP contribution is -2.35. The molecule has 1 saturated heterocycles. The first-order valence-corrected chi connectivity index (χ1v) is 7.75. The molecule has 1 unspecified atom stereocenters. The van der Waals surface area contributed by atoms with Crippen molar-refractivity contribution in [3.05, 3.63) is 0 Å². The molecule has 6 nitrogen and oxygen atoms in total. The summed E-state index contributed by atoms with van der Waals surface area (Å²) in [4.78, 5) is 37.0. The second-order valence-corrected chi connectivity index (χ2v) is 5.87. The second-order valence-electron chi connectivity index (χ2n) is 5.87. The predicted octanol–water partition coefficient (Wildman–Crippen LogP) is 0.704. The third-order valence-electron chi connectivity index (χ3n) is 4.44. The fourth-order valence-electron chi connectivity index (χ4n) is 3.13. The van der Waals surface area contributed by atoms with Crippen molar-refractivity contribution in [1.82, 2.24) is 10.2 Å². The molecule has 0 bridgehead atoms. The van der Waals surface area contributed by atoms with E-state index in [2.05, 4.69) is 5.32 Å². The van der Waals surface area contributed by atoms with Gasteiger partial charge in [-0.3, -0.25) is 14.4 Å². The molecule has 21 heavy (non-hydrogen) atoms. The van der Waals surface area contributed by atoms with Crippen LogP contribution in [0.5, 0.6) is 0 Å². The van der Waals surface area contributed by atoms with Gasteiger partial charge in [0.05, 0.1) is 13.0 Å². The van der Waals surface area contributed by atoms with Crippen LogP contribution in [0.2, 0.25) is 0 Å². The molecule has 0 radical (unpaired) electrons. The zero-order chi connectivity index (χ0) is 15.2. The molecule has 2 rings (SSSR count). The summed E-state index contributed by atoms with van der Waals surface area (Å²) in [5.41, 5.74) is 0. The number of hydrogen-bond acceptors (Lipinski definition) is 4. The highest BCUT2D eigenvalue weighted by Gasteiger charge is 2.31.